The standard InChI is InChI=1S/C11H14N4S/c1-7-2-4-9(16-7)11-13-10-5-3-8(12)6-15(10)14-11/h2,4,8H,3,5-6,12H2,1H3. The predicted molar refractivity (Wildman–Crippen MR) is 64.4 cm³/mol. The monoisotopic (exact) mass is 234 g/mol. The van der Waals surface area contributed by atoms with E-state index >= 15 is 0 Å². The highest BCUT2D eigenvalue weighted by Gasteiger charge is 2.19. The van der Waals surface area contributed by atoms with Gasteiger partial charge in [-0.1, -0.05) is 0 Å². The molecule has 0 saturated carbocycles. The number of aryl methyl sites for hydroxylation is 2. The Morgan fingerprint density at radius 2 is 2.38 bits per heavy atom. The molecule has 0 aliphatic carbocycles. The SMILES string of the molecule is Cc1ccc(-c2nc3n(n2)CC(N)CC3)s1. The molecule has 2 aromatic rings. The van der Waals surface area contributed by atoms with Crippen LogP contribution in [0.4, 0.5) is 0 Å². The Bertz CT molecular complexity index is 514. The van der Waals surface area contributed by atoms with Gasteiger partial charge in [-0.2, -0.15) is 0 Å². The highest BCUT2D eigenvalue weighted by atomic mass is 32.1. The Labute approximate surface area is 98.1 Å². The van der Waals surface area contributed by atoms with Gasteiger partial charge in [0.05, 0.1) is 11.4 Å². The largest absolute Gasteiger partial charge is 0.326 e. The molecule has 1 aliphatic rings. The Balaban J connectivity index is 1.98. The van der Waals surface area contributed by atoms with Gasteiger partial charge in [0.2, 0.25) is 0 Å². The molecule has 84 valence electrons. The molecular weight excluding hydrogens is 220 g/mol. The summed E-state index contributed by atoms with van der Waals surface area (Å²) in [4.78, 5) is 7.01. The van der Waals surface area contributed by atoms with E-state index in [0.29, 0.717) is 0 Å². The average Bonchev–Trinajstić information content (AvgIpc) is 2.83. The molecule has 1 atom stereocenters. The molecule has 0 amide bonds. The van der Waals surface area contributed by atoms with Gasteiger partial charge in [0.1, 0.15) is 5.82 Å². The van der Waals surface area contributed by atoms with Gasteiger partial charge >= 0.3 is 0 Å². The van der Waals surface area contributed by atoms with Gasteiger partial charge in [0.25, 0.3) is 0 Å². The molecule has 2 N–H and O–H groups in total. The molecule has 0 radical (unpaired) electrons. The lowest BCUT2D eigenvalue weighted by atomic mass is 10.1. The zero-order chi connectivity index (χ0) is 11.1. The number of hydrogen-bond acceptors (Lipinski definition) is 4. The van der Waals surface area contributed by atoms with Crippen LogP contribution in [0.2, 0.25) is 0 Å². The number of fused-ring (bicyclic) bond motifs is 1. The van der Waals surface area contributed by atoms with Gasteiger partial charge in [0, 0.05) is 17.3 Å². The Morgan fingerprint density at radius 3 is 3.12 bits per heavy atom. The van der Waals surface area contributed by atoms with Gasteiger partial charge in [-0.05, 0) is 25.5 Å². The summed E-state index contributed by atoms with van der Waals surface area (Å²) in [6.07, 6.45) is 1.96. The third-order valence-corrected chi connectivity index (χ3v) is 3.85. The summed E-state index contributed by atoms with van der Waals surface area (Å²) in [6.45, 7) is 2.90. The lowest BCUT2D eigenvalue weighted by Crippen LogP contribution is -2.32. The molecular formula is C11H14N4S. The summed E-state index contributed by atoms with van der Waals surface area (Å²) in [7, 11) is 0. The highest BCUT2D eigenvalue weighted by molar-refractivity contribution is 7.15. The second kappa shape index (κ2) is 3.68. The fourth-order valence-corrected chi connectivity index (χ4v) is 2.79. The molecule has 4 nitrogen and oxygen atoms in total. The van der Waals surface area contributed by atoms with Crippen LogP contribution >= 0.6 is 11.3 Å². The van der Waals surface area contributed by atoms with Crippen molar-refractivity contribution < 1.29 is 0 Å². The summed E-state index contributed by atoms with van der Waals surface area (Å²) in [5, 5.41) is 4.52. The predicted octanol–water partition coefficient (Wildman–Crippen LogP) is 1.59. The molecule has 3 rings (SSSR count). The summed E-state index contributed by atoms with van der Waals surface area (Å²) >= 11 is 1.74. The van der Waals surface area contributed by atoms with Crippen molar-refractivity contribution in [3.05, 3.63) is 22.8 Å². The van der Waals surface area contributed by atoms with Crippen LogP contribution in [0.15, 0.2) is 12.1 Å². The second-order valence-corrected chi connectivity index (χ2v) is 5.53. The summed E-state index contributed by atoms with van der Waals surface area (Å²) < 4.78 is 1.96. The summed E-state index contributed by atoms with van der Waals surface area (Å²) in [5.41, 5.74) is 5.92. The van der Waals surface area contributed by atoms with Crippen LogP contribution in [0, 0.1) is 6.92 Å². The molecule has 1 aliphatic heterocycles. The average molecular weight is 234 g/mol. The zero-order valence-electron chi connectivity index (χ0n) is 9.18. The first-order valence-corrected chi connectivity index (χ1v) is 6.30. The van der Waals surface area contributed by atoms with Crippen molar-refractivity contribution in [2.24, 2.45) is 5.73 Å². The van der Waals surface area contributed by atoms with Gasteiger partial charge in [-0.15, -0.1) is 16.4 Å². The number of aromatic nitrogens is 3. The minimum atomic E-state index is 0.229. The number of thiophene rings is 1. The van der Waals surface area contributed by atoms with Crippen LogP contribution in [0.5, 0.6) is 0 Å². The topological polar surface area (TPSA) is 56.7 Å². The Morgan fingerprint density at radius 1 is 1.50 bits per heavy atom. The minimum Gasteiger partial charge on any atom is -0.326 e. The van der Waals surface area contributed by atoms with Crippen LogP contribution in [0.1, 0.15) is 17.1 Å². The van der Waals surface area contributed by atoms with E-state index < -0.39 is 0 Å². The molecule has 0 saturated heterocycles. The molecule has 1 unspecified atom stereocenters. The molecule has 5 heteroatoms. The first-order chi connectivity index (χ1) is 7.72. The van der Waals surface area contributed by atoms with E-state index in [-0.39, 0.29) is 6.04 Å². The highest BCUT2D eigenvalue weighted by Crippen LogP contribution is 2.26. The van der Waals surface area contributed by atoms with E-state index in [0.717, 1.165) is 35.9 Å². The van der Waals surface area contributed by atoms with E-state index in [1.54, 1.807) is 11.3 Å². The van der Waals surface area contributed by atoms with Crippen molar-refractivity contribution >= 4 is 11.3 Å². The molecule has 0 aromatic carbocycles. The van der Waals surface area contributed by atoms with E-state index in [1.165, 1.54) is 4.88 Å². The number of rotatable bonds is 1. The van der Waals surface area contributed by atoms with Gasteiger partial charge in [-0.3, -0.25) is 0 Å². The molecule has 0 bridgehead atoms. The number of nitrogens with two attached hydrogens (primary N) is 1. The van der Waals surface area contributed by atoms with Crippen LogP contribution in [-0.4, -0.2) is 20.8 Å². The molecule has 2 aromatic heterocycles. The lowest BCUT2D eigenvalue weighted by molar-refractivity contribution is 0.422. The maximum absolute atomic E-state index is 5.92. The smallest absolute Gasteiger partial charge is 0.191 e. The van der Waals surface area contributed by atoms with Crippen molar-refractivity contribution in [3.8, 4) is 10.7 Å². The normalized spacial score (nSPS) is 19.8. The fraction of sp³-hybridized carbons (Fsp3) is 0.455. The van der Waals surface area contributed by atoms with Crippen LogP contribution in [0.25, 0.3) is 10.7 Å². The van der Waals surface area contributed by atoms with Gasteiger partial charge in [-0.25, -0.2) is 9.67 Å². The van der Waals surface area contributed by atoms with Crippen molar-refractivity contribution in [2.45, 2.75) is 32.4 Å². The van der Waals surface area contributed by atoms with Crippen LogP contribution in [-0.2, 0) is 13.0 Å². The molecule has 0 spiro atoms. The van der Waals surface area contributed by atoms with Crippen LogP contribution < -0.4 is 5.73 Å². The summed E-state index contributed by atoms with van der Waals surface area (Å²) in [6, 6.07) is 4.42. The van der Waals surface area contributed by atoms with E-state index in [1.807, 2.05) is 4.68 Å². The quantitative estimate of drug-likeness (QED) is 0.815. The maximum Gasteiger partial charge on any atom is 0.191 e. The van der Waals surface area contributed by atoms with Gasteiger partial charge in [0.15, 0.2) is 5.82 Å². The molecule has 3 heterocycles. The first kappa shape index (κ1) is 9.99. The number of hydrogen-bond donors (Lipinski definition) is 1. The Kier molecular flexibility index (Phi) is 2.29. The van der Waals surface area contributed by atoms with E-state index in [2.05, 4.69) is 29.1 Å². The first-order valence-electron chi connectivity index (χ1n) is 5.48. The molecule has 16 heavy (non-hydrogen) atoms. The third-order valence-electron chi connectivity index (χ3n) is 2.86. The van der Waals surface area contributed by atoms with E-state index in [4.69, 9.17) is 5.73 Å². The maximum atomic E-state index is 5.92. The second-order valence-electron chi connectivity index (χ2n) is 4.24. The van der Waals surface area contributed by atoms with E-state index in [9.17, 15) is 0 Å². The third kappa shape index (κ3) is 1.66. The lowest BCUT2D eigenvalue weighted by Gasteiger charge is -2.17. The van der Waals surface area contributed by atoms with Crippen LogP contribution in [0.3, 0.4) is 0 Å². The van der Waals surface area contributed by atoms with Crippen molar-refractivity contribution in [3.63, 3.8) is 0 Å². The van der Waals surface area contributed by atoms with Crippen molar-refractivity contribution in [1.82, 2.24) is 14.8 Å². The van der Waals surface area contributed by atoms with Crippen molar-refractivity contribution in [1.29, 1.82) is 0 Å². The minimum absolute atomic E-state index is 0.229. The van der Waals surface area contributed by atoms with Crippen molar-refractivity contribution in [2.75, 3.05) is 0 Å². The number of nitrogens with zero attached hydrogens (tertiary/aromatic N) is 3. The molecule has 0 fully saturated rings. The Hall–Kier alpha value is -1.20. The zero-order valence-corrected chi connectivity index (χ0v) is 10.00. The summed E-state index contributed by atoms with van der Waals surface area (Å²) in [5.74, 6) is 1.92. The fourth-order valence-electron chi connectivity index (χ4n) is 1.99. The van der Waals surface area contributed by atoms with Gasteiger partial charge < -0.3 is 5.73 Å².